The summed E-state index contributed by atoms with van der Waals surface area (Å²) in [6.07, 6.45) is 5.41. The van der Waals surface area contributed by atoms with Gasteiger partial charge in [0, 0.05) is 28.5 Å². The van der Waals surface area contributed by atoms with E-state index in [2.05, 4.69) is 10.3 Å². The van der Waals surface area contributed by atoms with Gasteiger partial charge in [-0.05, 0) is 37.8 Å². The maximum Gasteiger partial charge on any atom is 0.271 e. The molecule has 0 unspecified atom stereocenters. The van der Waals surface area contributed by atoms with Crippen LogP contribution in [0.5, 0.6) is 5.75 Å². The van der Waals surface area contributed by atoms with Gasteiger partial charge in [0.15, 0.2) is 4.96 Å². The molecule has 0 saturated carbocycles. The average molecular weight is 355 g/mol. The van der Waals surface area contributed by atoms with E-state index < -0.39 is 5.91 Å². The Bertz CT molecular complexity index is 1020. The summed E-state index contributed by atoms with van der Waals surface area (Å²) in [5.74, 6) is 0.172. The number of methoxy groups -OCH3 is 1. The lowest BCUT2D eigenvalue weighted by molar-refractivity contribution is 0.102. The number of hydrogen-bond donors (Lipinski definition) is 1. The predicted molar refractivity (Wildman–Crippen MR) is 96.9 cm³/mol. The van der Waals surface area contributed by atoms with Crippen LogP contribution in [0, 0.1) is 0 Å². The topological polar surface area (TPSA) is 72.7 Å². The molecule has 128 valence electrons. The minimum Gasteiger partial charge on any atom is -0.497 e. The number of aryl methyl sites for hydroxylation is 2. The molecule has 1 aliphatic carbocycles. The number of carbonyl (C=O) groups is 1. The highest BCUT2D eigenvalue weighted by atomic mass is 32.1. The number of anilines is 1. The van der Waals surface area contributed by atoms with E-state index in [0.29, 0.717) is 16.4 Å². The Kier molecular flexibility index (Phi) is 4.01. The number of nitrogens with zero attached hydrogens (tertiary/aromatic N) is 2. The Balaban J connectivity index is 1.72. The Hall–Kier alpha value is -2.67. The zero-order chi connectivity index (χ0) is 17.4. The quantitative estimate of drug-likeness (QED) is 0.784. The fourth-order valence-electron chi connectivity index (χ4n) is 3.12. The van der Waals surface area contributed by atoms with Crippen molar-refractivity contribution in [3.8, 4) is 5.75 Å². The van der Waals surface area contributed by atoms with Crippen LogP contribution < -0.4 is 15.6 Å². The maximum absolute atomic E-state index is 12.9. The lowest BCUT2D eigenvalue weighted by Gasteiger charge is -2.10. The molecule has 1 aliphatic rings. The first-order chi connectivity index (χ1) is 12.2. The summed E-state index contributed by atoms with van der Waals surface area (Å²) >= 11 is 1.55. The van der Waals surface area contributed by atoms with Crippen molar-refractivity contribution in [3.05, 3.63) is 57.0 Å². The average Bonchev–Trinajstić information content (AvgIpc) is 3.01. The number of nitrogens with one attached hydrogen (secondary N) is 1. The SMILES string of the molecule is COc1cccc(NC(=O)c2cnc3sc4c(n3c2=O)CCCC4)c1. The molecule has 0 saturated heterocycles. The largest absolute Gasteiger partial charge is 0.497 e. The van der Waals surface area contributed by atoms with Gasteiger partial charge in [0.25, 0.3) is 11.5 Å². The number of hydrogen-bond acceptors (Lipinski definition) is 5. The zero-order valence-electron chi connectivity index (χ0n) is 13.7. The second kappa shape index (κ2) is 6.33. The number of benzene rings is 1. The predicted octanol–water partition coefficient (Wildman–Crippen LogP) is 2.90. The summed E-state index contributed by atoms with van der Waals surface area (Å²) < 4.78 is 6.76. The molecule has 4 rings (SSSR count). The number of fused-ring (bicyclic) bond motifs is 3. The van der Waals surface area contributed by atoms with Gasteiger partial charge < -0.3 is 10.1 Å². The lowest BCUT2D eigenvalue weighted by Crippen LogP contribution is -2.27. The summed E-state index contributed by atoms with van der Waals surface area (Å²) in [6, 6.07) is 7.01. The van der Waals surface area contributed by atoms with E-state index in [1.54, 1.807) is 47.1 Å². The highest BCUT2D eigenvalue weighted by Crippen LogP contribution is 2.28. The van der Waals surface area contributed by atoms with Gasteiger partial charge in [-0.2, -0.15) is 0 Å². The van der Waals surface area contributed by atoms with Crippen LogP contribution in [0.3, 0.4) is 0 Å². The zero-order valence-corrected chi connectivity index (χ0v) is 14.6. The molecule has 25 heavy (non-hydrogen) atoms. The van der Waals surface area contributed by atoms with E-state index >= 15 is 0 Å². The fourth-order valence-corrected chi connectivity index (χ4v) is 4.29. The highest BCUT2D eigenvalue weighted by molar-refractivity contribution is 7.17. The van der Waals surface area contributed by atoms with Crippen LogP contribution in [0.2, 0.25) is 0 Å². The lowest BCUT2D eigenvalue weighted by atomic mass is 10.0. The van der Waals surface area contributed by atoms with Crippen LogP contribution >= 0.6 is 11.3 Å². The Labute approximate surface area is 148 Å². The Morgan fingerprint density at radius 1 is 1.32 bits per heavy atom. The molecule has 7 heteroatoms. The van der Waals surface area contributed by atoms with E-state index in [1.165, 1.54) is 11.1 Å². The first kappa shape index (κ1) is 15.8. The first-order valence-corrected chi connectivity index (χ1v) is 8.97. The summed E-state index contributed by atoms with van der Waals surface area (Å²) in [7, 11) is 1.56. The van der Waals surface area contributed by atoms with Crippen LogP contribution in [-0.4, -0.2) is 22.4 Å². The molecule has 0 fully saturated rings. The minimum atomic E-state index is -0.462. The van der Waals surface area contributed by atoms with Gasteiger partial charge in [0.1, 0.15) is 11.3 Å². The normalized spacial score (nSPS) is 13.5. The second-order valence-corrected chi connectivity index (χ2v) is 7.02. The van der Waals surface area contributed by atoms with E-state index in [0.717, 1.165) is 31.4 Å². The van der Waals surface area contributed by atoms with Crippen LogP contribution in [0.4, 0.5) is 5.69 Å². The molecule has 2 aromatic heterocycles. The van der Waals surface area contributed by atoms with E-state index in [9.17, 15) is 9.59 Å². The Morgan fingerprint density at radius 2 is 2.16 bits per heavy atom. The molecule has 0 spiro atoms. The van der Waals surface area contributed by atoms with Gasteiger partial charge in [-0.25, -0.2) is 4.98 Å². The third kappa shape index (κ3) is 2.80. The van der Waals surface area contributed by atoms with Crippen molar-refractivity contribution < 1.29 is 9.53 Å². The van der Waals surface area contributed by atoms with Crippen molar-refractivity contribution in [2.24, 2.45) is 0 Å². The van der Waals surface area contributed by atoms with Crippen LogP contribution in [0.25, 0.3) is 4.96 Å². The van der Waals surface area contributed by atoms with E-state index in [1.807, 2.05) is 0 Å². The fraction of sp³-hybridized carbons (Fsp3) is 0.278. The summed E-state index contributed by atoms with van der Waals surface area (Å²) in [5.41, 5.74) is 1.33. The van der Waals surface area contributed by atoms with E-state index in [4.69, 9.17) is 4.74 Å². The van der Waals surface area contributed by atoms with Crippen molar-refractivity contribution in [2.45, 2.75) is 25.7 Å². The molecule has 0 bridgehead atoms. The number of aromatic nitrogens is 2. The third-order valence-corrected chi connectivity index (χ3v) is 5.53. The molecule has 1 N–H and O–H groups in total. The number of thiazole rings is 1. The summed E-state index contributed by atoms with van der Waals surface area (Å²) in [4.78, 5) is 31.6. The Morgan fingerprint density at radius 3 is 3.00 bits per heavy atom. The van der Waals surface area contributed by atoms with Gasteiger partial charge in [-0.1, -0.05) is 6.07 Å². The van der Waals surface area contributed by atoms with Crippen molar-refractivity contribution in [2.75, 3.05) is 12.4 Å². The molecule has 0 radical (unpaired) electrons. The number of carbonyl (C=O) groups excluding carboxylic acids is 1. The molecular formula is C18H17N3O3S. The van der Waals surface area contributed by atoms with E-state index in [-0.39, 0.29) is 11.1 Å². The molecular weight excluding hydrogens is 338 g/mol. The molecule has 1 amide bonds. The minimum absolute atomic E-state index is 0.0477. The first-order valence-electron chi connectivity index (χ1n) is 8.15. The van der Waals surface area contributed by atoms with Crippen molar-refractivity contribution in [3.63, 3.8) is 0 Å². The van der Waals surface area contributed by atoms with Crippen molar-refractivity contribution in [1.82, 2.24) is 9.38 Å². The number of ether oxygens (including phenoxy) is 1. The van der Waals surface area contributed by atoms with Gasteiger partial charge in [-0.3, -0.25) is 14.0 Å². The molecule has 3 aromatic rings. The monoisotopic (exact) mass is 355 g/mol. The van der Waals surface area contributed by atoms with Crippen molar-refractivity contribution in [1.29, 1.82) is 0 Å². The summed E-state index contributed by atoms with van der Waals surface area (Å²) in [5, 5.41) is 2.74. The highest BCUT2D eigenvalue weighted by Gasteiger charge is 2.21. The second-order valence-electron chi connectivity index (χ2n) is 5.96. The molecule has 2 heterocycles. The standard InChI is InChI=1S/C18H17N3O3S/c1-24-12-6-4-5-11(9-12)20-16(22)13-10-19-18-21(17(13)23)14-7-2-3-8-15(14)25-18/h4-6,9-10H,2-3,7-8H2,1H3,(H,20,22). The van der Waals surface area contributed by atoms with Crippen molar-refractivity contribution >= 4 is 27.9 Å². The van der Waals surface area contributed by atoms with Crippen LogP contribution in [0.1, 0.15) is 33.8 Å². The molecule has 6 nitrogen and oxygen atoms in total. The number of rotatable bonds is 3. The summed E-state index contributed by atoms with van der Waals surface area (Å²) in [6.45, 7) is 0. The van der Waals surface area contributed by atoms with Crippen LogP contribution in [0.15, 0.2) is 35.3 Å². The van der Waals surface area contributed by atoms with Crippen LogP contribution in [-0.2, 0) is 12.8 Å². The number of amides is 1. The van der Waals surface area contributed by atoms with Gasteiger partial charge in [-0.15, -0.1) is 11.3 Å². The van der Waals surface area contributed by atoms with Gasteiger partial charge in [0.05, 0.1) is 7.11 Å². The van der Waals surface area contributed by atoms with Gasteiger partial charge in [0.2, 0.25) is 0 Å². The van der Waals surface area contributed by atoms with Gasteiger partial charge >= 0.3 is 0 Å². The molecule has 0 aliphatic heterocycles. The maximum atomic E-state index is 12.9. The third-order valence-electron chi connectivity index (χ3n) is 4.37. The molecule has 1 aromatic carbocycles. The smallest absolute Gasteiger partial charge is 0.271 e. The molecule has 0 atom stereocenters.